The minimum atomic E-state index is -3.46. The third kappa shape index (κ3) is 5.68. The highest BCUT2D eigenvalue weighted by atomic mass is 32.2. The molecule has 0 aromatic rings. The maximum atomic E-state index is 11.6. The van der Waals surface area contributed by atoms with Gasteiger partial charge in [-0.2, -0.15) is 8.42 Å². The number of likely N-dealkylation sites (tertiary alicyclic amines) is 1. The molecule has 0 N–H and O–H groups in total. The average Bonchev–Trinajstić information content (AvgIpc) is 2.70. The van der Waals surface area contributed by atoms with Crippen LogP contribution in [0.15, 0.2) is 0 Å². The van der Waals surface area contributed by atoms with E-state index in [-0.39, 0.29) is 12.6 Å². The normalized spacial score (nSPS) is 20.1. The number of carbonyl (C=O) groups is 1. The van der Waals surface area contributed by atoms with Gasteiger partial charge >= 0.3 is 6.09 Å². The predicted octanol–water partition coefficient (Wildman–Crippen LogP) is 1.36. The second kappa shape index (κ2) is 6.94. The molecule has 1 rings (SSSR count). The summed E-state index contributed by atoms with van der Waals surface area (Å²) in [5.74, 6) is 0. The highest BCUT2D eigenvalue weighted by Crippen LogP contribution is 2.15. The molecule has 0 saturated carbocycles. The number of amides is 1. The van der Waals surface area contributed by atoms with Crippen LogP contribution in [0.2, 0.25) is 0 Å². The zero-order chi connectivity index (χ0) is 13.6. The molecule has 1 heterocycles. The third-order valence-corrected chi connectivity index (χ3v) is 3.31. The van der Waals surface area contributed by atoms with Crippen LogP contribution in [0.25, 0.3) is 0 Å². The fourth-order valence-corrected chi connectivity index (χ4v) is 2.47. The van der Waals surface area contributed by atoms with E-state index in [4.69, 9.17) is 8.92 Å². The molecule has 18 heavy (non-hydrogen) atoms. The Hall–Kier alpha value is -0.820. The van der Waals surface area contributed by atoms with E-state index in [0.717, 1.165) is 25.5 Å². The molecule has 0 spiro atoms. The van der Waals surface area contributed by atoms with Crippen molar-refractivity contribution in [3.8, 4) is 0 Å². The Kier molecular flexibility index (Phi) is 5.87. The molecule has 7 heteroatoms. The van der Waals surface area contributed by atoms with Gasteiger partial charge in [0.15, 0.2) is 0 Å². The van der Waals surface area contributed by atoms with Gasteiger partial charge in [0.1, 0.15) is 0 Å². The summed E-state index contributed by atoms with van der Waals surface area (Å²) in [6.07, 6.45) is 3.68. The summed E-state index contributed by atoms with van der Waals surface area (Å²) in [5.41, 5.74) is 0. The fourth-order valence-electron chi connectivity index (χ4n) is 1.82. The van der Waals surface area contributed by atoms with Gasteiger partial charge in [-0.3, -0.25) is 4.18 Å². The topological polar surface area (TPSA) is 72.9 Å². The summed E-state index contributed by atoms with van der Waals surface area (Å²) in [7, 11) is -3.46. The molecule has 106 valence electrons. The Morgan fingerprint density at radius 3 is 2.72 bits per heavy atom. The van der Waals surface area contributed by atoms with Crippen LogP contribution in [0, 0.1) is 0 Å². The Labute approximate surface area is 108 Å². The van der Waals surface area contributed by atoms with E-state index < -0.39 is 16.2 Å². The lowest BCUT2D eigenvalue weighted by Crippen LogP contribution is -2.31. The SMILES string of the molecule is CCCCCOC(=O)N1CCC(OS(C)(=O)=O)C1. The van der Waals surface area contributed by atoms with Crippen LogP contribution >= 0.6 is 0 Å². The number of ether oxygens (including phenoxy) is 1. The van der Waals surface area contributed by atoms with Gasteiger partial charge < -0.3 is 9.64 Å². The molecule has 1 fully saturated rings. The lowest BCUT2D eigenvalue weighted by molar-refractivity contribution is 0.104. The van der Waals surface area contributed by atoms with E-state index >= 15 is 0 Å². The molecule has 1 amide bonds. The summed E-state index contributed by atoms with van der Waals surface area (Å²) < 4.78 is 31.8. The van der Waals surface area contributed by atoms with Crippen LogP contribution in [0.3, 0.4) is 0 Å². The van der Waals surface area contributed by atoms with Crippen LogP contribution in [0.4, 0.5) is 4.79 Å². The number of carbonyl (C=O) groups excluding carboxylic acids is 1. The van der Waals surface area contributed by atoms with Crippen LogP contribution in [-0.4, -0.2) is 51.5 Å². The van der Waals surface area contributed by atoms with E-state index in [1.165, 1.54) is 4.90 Å². The molecule has 1 saturated heterocycles. The van der Waals surface area contributed by atoms with Crippen molar-refractivity contribution in [3.05, 3.63) is 0 Å². The lowest BCUT2D eigenvalue weighted by Gasteiger charge is -2.16. The Morgan fingerprint density at radius 1 is 1.39 bits per heavy atom. The van der Waals surface area contributed by atoms with Gasteiger partial charge in [-0.05, 0) is 12.8 Å². The Balaban J connectivity index is 2.26. The first-order chi connectivity index (χ1) is 8.42. The fraction of sp³-hybridized carbons (Fsp3) is 0.909. The van der Waals surface area contributed by atoms with Gasteiger partial charge in [0.2, 0.25) is 0 Å². The predicted molar refractivity (Wildman–Crippen MR) is 66.8 cm³/mol. The summed E-state index contributed by atoms with van der Waals surface area (Å²) in [6, 6.07) is 0. The van der Waals surface area contributed by atoms with Crippen LogP contribution in [0.1, 0.15) is 32.6 Å². The largest absolute Gasteiger partial charge is 0.449 e. The number of unbranched alkanes of at least 4 members (excludes halogenated alkanes) is 2. The van der Waals surface area contributed by atoms with Crippen molar-refractivity contribution in [1.29, 1.82) is 0 Å². The van der Waals surface area contributed by atoms with Crippen molar-refractivity contribution < 1.29 is 22.1 Å². The smallest absolute Gasteiger partial charge is 0.409 e. The van der Waals surface area contributed by atoms with E-state index in [2.05, 4.69) is 6.92 Å². The second-order valence-corrected chi connectivity index (χ2v) is 6.08. The van der Waals surface area contributed by atoms with Gasteiger partial charge in [0.05, 0.1) is 25.5 Å². The van der Waals surface area contributed by atoms with Crippen LogP contribution in [0.5, 0.6) is 0 Å². The molecule has 0 aromatic heterocycles. The van der Waals surface area contributed by atoms with Gasteiger partial charge in [-0.1, -0.05) is 19.8 Å². The minimum absolute atomic E-state index is 0.277. The molecule has 0 aliphatic carbocycles. The van der Waals surface area contributed by atoms with Gasteiger partial charge in [0.25, 0.3) is 10.1 Å². The molecule has 0 radical (unpaired) electrons. The lowest BCUT2D eigenvalue weighted by atomic mass is 10.3. The quantitative estimate of drug-likeness (QED) is 0.542. The first-order valence-corrected chi connectivity index (χ1v) is 8.04. The first kappa shape index (κ1) is 15.2. The van der Waals surface area contributed by atoms with Crippen molar-refractivity contribution >= 4 is 16.2 Å². The zero-order valence-electron chi connectivity index (χ0n) is 10.9. The zero-order valence-corrected chi connectivity index (χ0v) is 11.7. The summed E-state index contributed by atoms with van der Waals surface area (Å²) in [5, 5.41) is 0. The van der Waals surface area contributed by atoms with E-state index in [1.807, 2.05) is 0 Å². The average molecular weight is 279 g/mol. The van der Waals surface area contributed by atoms with Crippen molar-refractivity contribution in [1.82, 2.24) is 4.90 Å². The number of hydrogen-bond donors (Lipinski definition) is 0. The first-order valence-electron chi connectivity index (χ1n) is 6.22. The molecule has 1 unspecified atom stereocenters. The summed E-state index contributed by atoms with van der Waals surface area (Å²) in [6.45, 7) is 3.25. The molecule has 0 aromatic carbocycles. The van der Waals surface area contributed by atoms with Crippen LogP contribution < -0.4 is 0 Å². The molecule has 6 nitrogen and oxygen atoms in total. The van der Waals surface area contributed by atoms with Gasteiger partial charge in [-0.25, -0.2) is 4.79 Å². The van der Waals surface area contributed by atoms with Crippen molar-refractivity contribution in [2.45, 2.75) is 38.7 Å². The van der Waals surface area contributed by atoms with Crippen molar-refractivity contribution in [3.63, 3.8) is 0 Å². The molecular formula is C11H21NO5S. The van der Waals surface area contributed by atoms with Crippen molar-refractivity contribution in [2.75, 3.05) is 26.0 Å². The number of nitrogens with zero attached hydrogens (tertiary/aromatic N) is 1. The third-order valence-electron chi connectivity index (χ3n) is 2.69. The van der Waals surface area contributed by atoms with Crippen molar-refractivity contribution in [2.24, 2.45) is 0 Å². The number of rotatable bonds is 6. The monoisotopic (exact) mass is 279 g/mol. The van der Waals surface area contributed by atoms with E-state index in [1.54, 1.807) is 0 Å². The van der Waals surface area contributed by atoms with Gasteiger partial charge in [-0.15, -0.1) is 0 Å². The molecule has 1 aliphatic heterocycles. The highest BCUT2D eigenvalue weighted by molar-refractivity contribution is 7.86. The van der Waals surface area contributed by atoms with E-state index in [9.17, 15) is 13.2 Å². The molecule has 0 bridgehead atoms. The Morgan fingerprint density at radius 2 is 2.11 bits per heavy atom. The Bertz CT molecular complexity index is 368. The second-order valence-electron chi connectivity index (χ2n) is 4.48. The number of hydrogen-bond acceptors (Lipinski definition) is 5. The maximum absolute atomic E-state index is 11.6. The highest BCUT2D eigenvalue weighted by Gasteiger charge is 2.29. The summed E-state index contributed by atoms with van der Waals surface area (Å²) >= 11 is 0. The molecule has 1 aliphatic rings. The summed E-state index contributed by atoms with van der Waals surface area (Å²) in [4.78, 5) is 13.1. The van der Waals surface area contributed by atoms with Crippen LogP contribution in [-0.2, 0) is 19.0 Å². The standard InChI is InChI=1S/C11H21NO5S/c1-3-4-5-8-16-11(13)12-7-6-10(9-12)17-18(2,14)15/h10H,3-9H2,1-2H3. The minimum Gasteiger partial charge on any atom is -0.449 e. The van der Waals surface area contributed by atoms with E-state index in [0.29, 0.717) is 19.6 Å². The molecular weight excluding hydrogens is 258 g/mol. The molecule has 1 atom stereocenters. The van der Waals surface area contributed by atoms with Gasteiger partial charge in [0, 0.05) is 6.54 Å². The maximum Gasteiger partial charge on any atom is 0.409 e.